The zero-order valence-electron chi connectivity index (χ0n) is 13.4. The number of hydrogen-bond acceptors (Lipinski definition) is 9. The molecule has 23 heavy (non-hydrogen) atoms. The van der Waals surface area contributed by atoms with Gasteiger partial charge in [-0.15, -0.1) is 0 Å². The molecule has 0 spiro atoms. The van der Waals surface area contributed by atoms with Gasteiger partial charge in [-0.25, -0.2) is 0 Å². The normalized spacial score (nSPS) is 24.4. The topological polar surface area (TPSA) is 114 Å². The first-order valence-electron chi connectivity index (χ1n) is 6.97. The fourth-order valence-electron chi connectivity index (χ4n) is 2.18. The molecule has 0 aliphatic carbocycles. The number of ether oxygens (including phenoxy) is 5. The quantitative estimate of drug-likeness (QED) is 0.479. The minimum absolute atomic E-state index is 0.0416. The number of rotatable bonds is 6. The fourth-order valence-corrected chi connectivity index (χ4v) is 2.18. The van der Waals surface area contributed by atoms with Crippen LogP contribution >= 0.6 is 0 Å². The third-order valence-electron chi connectivity index (χ3n) is 2.90. The average molecular weight is 332 g/mol. The highest BCUT2D eigenvalue weighted by Gasteiger charge is 2.47. The number of esters is 4. The van der Waals surface area contributed by atoms with Crippen LogP contribution in [0.25, 0.3) is 0 Å². The average Bonchev–Trinajstić information content (AvgIpc) is 2.75. The molecule has 0 bridgehead atoms. The summed E-state index contributed by atoms with van der Waals surface area (Å²) in [5.41, 5.74) is 0. The van der Waals surface area contributed by atoms with Gasteiger partial charge in [-0.05, 0) is 0 Å². The largest absolute Gasteiger partial charge is 0.462 e. The van der Waals surface area contributed by atoms with Gasteiger partial charge in [-0.1, -0.05) is 0 Å². The molecule has 9 nitrogen and oxygen atoms in total. The molecule has 4 atom stereocenters. The molecule has 0 N–H and O–H groups in total. The van der Waals surface area contributed by atoms with Crippen LogP contribution in [0.3, 0.4) is 0 Å². The van der Waals surface area contributed by atoms with Gasteiger partial charge in [0.15, 0.2) is 18.3 Å². The van der Waals surface area contributed by atoms with Crippen molar-refractivity contribution in [2.45, 2.75) is 52.1 Å². The lowest BCUT2D eigenvalue weighted by molar-refractivity contribution is -0.176. The Labute approximate surface area is 133 Å². The highest BCUT2D eigenvalue weighted by atomic mass is 16.7. The van der Waals surface area contributed by atoms with Crippen molar-refractivity contribution in [3.63, 3.8) is 0 Å². The van der Waals surface area contributed by atoms with Gasteiger partial charge < -0.3 is 23.7 Å². The van der Waals surface area contributed by atoms with Gasteiger partial charge in [0.05, 0.1) is 6.61 Å². The van der Waals surface area contributed by atoms with Crippen LogP contribution in [0.2, 0.25) is 0 Å². The van der Waals surface area contributed by atoms with E-state index in [4.69, 9.17) is 23.7 Å². The molecule has 1 fully saturated rings. The molecule has 1 heterocycles. The first-order valence-corrected chi connectivity index (χ1v) is 6.97. The molecule has 0 aromatic heterocycles. The van der Waals surface area contributed by atoms with Gasteiger partial charge in [0.2, 0.25) is 0 Å². The van der Waals surface area contributed by atoms with E-state index in [1.54, 1.807) is 0 Å². The molecule has 0 aromatic rings. The number of hydrogen-bond donors (Lipinski definition) is 0. The molecular weight excluding hydrogens is 312 g/mol. The Kier molecular flexibility index (Phi) is 6.95. The summed E-state index contributed by atoms with van der Waals surface area (Å²) in [6.45, 7) is 4.46. The maximum atomic E-state index is 11.3. The van der Waals surface area contributed by atoms with Gasteiger partial charge in [0.1, 0.15) is 12.7 Å². The van der Waals surface area contributed by atoms with Crippen LogP contribution in [0, 0.1) is 0 Å². The third kappa shape index (κ3) is 6.23. The first kappa shape index (κ1) is 18.9. The predicted octanol–water partition coefficient (Wildman–Crippen LogP) is -0.257. The zero-order chi connectivity index (χ0) is 17.6. The van der Waals surface area contributed by atoms with E-state index in [9.17, 15) is 19.2 Å². The molecule has 9 heteroatoms. The molecule has 3 unspecified atom stereocenters. The Balaban J connectivity index is 2.91. The van der Waals surface area contributed by atoms with E-state index in [0.717, 1.165) is 0 Å². The monoisotopic (exact) mass is 332 g/mol. The van der Waals surface area contributed by atoms with E-state index in [0.29, 0.717) is 0 Å². The van der Waals surface area contributed by atoms with E-state index in [2.05, 4.69) is 0 Å². The van der Waals surface area contributed by atoms with Crippen LogP contribution in [0.15, 0.2) is 0 Å². The Hall–Kier alpha value is -2.16. The Bertz CT molecular complexity index is 473. The second-order valence-electron chi connectivity index (χ2n) is 4.97. The summed E-state index contributed by atoms with van der Waals surface area (Å²) < 4.78 is 25.6. The molecule has 1 aliphatic rings. The van der Waals surface area contributed by atoms with Crippen LogP contribution in [-0.4, -0.2) is 61.5 Å². The van der Waals surface area contributed by atoms with Crippen molar-refractivity contribution < 1.29 is 42.9 Å². The summed E-state index contributed by atoms with van der Waals surface area (Å²) in [6.07, 6.45) is -3.74. The predicted molar refractivity (Wildman–Crippen MR) is 73.0 cm³/mol. The van der Waals surface area contributed by atoms with Crippen LogP contribution in [0.5, 0.6) is 0 Å². The third-order valence-corrected chi connectivity index (χ3v) is 2.90. The molecular formula is C14H20O9. The van der Waals surface area contributed by atoms with E-state index in [-0.39, 0.29) is 13.2 Å². The first-order chi connectivity index (χ1) is 10.7. The summed E-state index contributed by atoms with van der Waals surface area (Å²) in [7, 11) is 0. The Morgan fingerprint density at radius 3 is 2.04 bits per heavy atom. The Morgan fingerprint density at radius 2 is 1.57 bits per heavy atom. The van der Waals surface area contributed by atoms with Crippen molar-refractivity contribution in [1.29, 1.82) is 0 Å². The van der Waals surface area contributed by atoms with Crippen molar-refractivity contribution in [3.8, 4) is 0 Å². The van der Waals surface area contributed by atoms with Gasteiger partial charge in [0.25, 0.3) is 0 Å². The smallest absolute Gasteiger partial charge is 0.303 e. The second kappa shape index (κ2) is 8.47. The highest BCUT2D eigenvalue weighted by Crippen LogP contribution is 2.25. The van der Waals surface area contributed by atoms with Gasteiger partial charge >= 0.3 is 23.9 Å². The lowest BCUT2D eigenvalue weighted by Gasteiger charge is -2.27. The molecule has 0 aromatic carbocycles. The van der Waals surface area contributed by atoms with E-state index >= 15 is 0 Å². The van der Waals surface area contributed by atoms with Crippen LogP contribution in [0.4, 0.5) is 0 Å². The van der Waals surface area contributed by atoms with Crippen molar-refractivity contribution in [1.82, 2.24) is 0 Å². The lowest BCUT2D eigenvalue weighted by Crippen LogP contribution is -2.46. The fraction of sp³-hybridized carbons (Fsp3) is 0.714. The highest BCUT2D eigenvalue weighted by molar-refractivity contribution is 5.68. The number of carbonyl (C=O) groups is 4. The lowest BCUT2D eigenvalue weighted by atomic mass is 10.1. The van der Waals surface area contributed by atoms with Gasteiger partial charge in [0, 0.05) is 27.7 Å². The van der Waals surface area contributed by atoms with Crippen molar-refractivity contribution >= 4 is 23.9 Å². The number of carbonyl (C=O) groups excluding carboxylic acids is 4. The van der Waals surface area contributed by atoms with E-state index in [1.165, 1.54) is 27.7 Å². The van der Waals surface area contributed by atoms with Crippen LogP contribution in [0.1, 0.15) is 27.7 Å². The summed E-state index contributed by atoms with van der Waals surface area (Å²) in [4.78, 5) is 44.6. The zero-order valence-corrected chi connectivity index (χ0v) is 13.4. The maximum absolute atomic E-state index is 11.3. The molecule has 0 amide bonds. The summed E-state index contributed by atoms with van der Waals surface area (Å²) in [6, 6.07) is 0. The molecule has 1 saturated heterocycles. The van der Waals surface area contributed by atoms with E-state index in [1.807, 2.05) is 0 Å². The van der Waals surface area contributed by atoms with Crippen LogP contribution < -0.4 is 0 Å². The summed E-state index contributed by atoms with van der Waals surface area (Å²) in [5.74, 6) is -2.37. The molecule has 1 aliphatic heterocycles. The maximum Gasteiger partial charge on any atom is 0.303 e. The summed E-state index contributed by atoms with van der Waals surface area (Å²) >= 11 is 0. The van der Waals surface area contributed by atoms with Crippen LogP contribution in [-0.2, 0) is 42.9 Å². The second-order valence-corrected chi connectivity index (χ2v) is 4.97. The van der Waals surface area contributed by atoms with Crippen molar-refractivity contribution in [2.24, 2.45) is 0 Å². The summed E-state index contributed by atoms with van der Waals surface area (Å²) in [5, 5.41) is 0. The molecule has 130 valence electrons. The molecule has 1 rings (SSSR count). The minimum atomic E-state index is -0.999. The minimum Gasteiger partial charge on any atom is -0.462 e. The van der Waals surface area contributed by atoms with Gasteiger partial charge in [-0.3, -0.25) is 19.2 Å². The SMILES string of the molecule is CC(=O)OCC(OC(C)=O)[C@H]1OCC(OC(C)=O)C1OC(C)=O. The van der Waals surface area contributed by atoms with Crippen molar-refractivity contribution in [3.05, 3.63) is 0 Å². The Morgan fingerprint density at radius 1 is 0.957 bits per heavy atom. The van der Waals surface area contributed by atoms with Gasteiger partial charge in [-0.2, -0.15) is 0 Å². The standard InChI is InChI=1S/C14H20O9/c1-7(15)19-5-11(21-8(2)16)13-14(23-10(4)18)12(6-20-13)22-9(3)17/h11-14H,5-6H2,1-4H3/t11?,12?,13-,14?/m1/s1. The van der Waals surface area contributed by atoms with Crippen molar-refractivity contribution in [2.75, 3.05) is 13.2 Å². The molecule has 0 radical (unpaired) electrons. The molecule has 0 saturated carbocycles. The van der Waals surface area contributed by atoms with E-state index < -0.39 is 48.3 Å².